The number of carbonyl (C=O) groups is 2. The van der Waals surface area contributed by atoms with Crippen LogP contribution in [0, 0.1) is 11.6 Å². The van der Waals surface area contributed by atoms with Crippen LogP contribution >= 0.6 is 11.3 Å². The van der Waals surface area contributed by atoms with Crippen molar-refractivity contribution in [3.05, 3.63) is 76.6 Å². The highest BCUT2D eigenvalue weighted by Gasteiger charge is 2.31. The Kier molecular flexibility index (Phi) is 8.37. The van der Waals surface area contributed by atoms with Crippen molar-refractivity contribution in [2.45, 2.75) is 39.4 Å². The smallest absolute Gasteiger partial charge is 0.246 e. The summed E-state index contributed by atoms with van der Waals surface area (Å²) >= 11 is 1.41. The lowest BCUT2D eigenvalue weighted by molar-refractivity contribution is -0.129. The van der Waals surface area contributed by atoms with E-state index < -0.39 is 11.6 Å². The van der Waals surface area contributed by atoms with Gasteiger partial charge in [0.2, 0.25) is 11.8 Å². The Bertz CT molecular complexity index is 1930. The number of nitrogens with zero attached hydrogens (tertiary/aromatic N) is 4. The summed E-state index contributed by atoms with van der Waals surface area (Å²) in [6.07, 6.45) is 1.87. The first-order valence-corrected chi connectivity index (χ1v) is 15.3. The van der Waals surface area contributed by atoms with Gasteiger partial charge in [-0.3, -0.25) is 14.3 Å². The maximum atomic E-state index is 15.9. The third-order valence-corrected chi connectivity index (χ3v) is 8.77. The minimum absolute atomic E-state index is 0. The van der Waals surface area contributed by atoms with E-state index in [4.69, 9.17) is 19.6 Å². The van der Waals surface area contributed by atoms with Gasteiger partial charge in [-0.05, 0) is 36.1 Å². The molecule has 4 aromatic rings. The van der Waals surface area contributed by atoms with E-state index in [9.17, 15) is 14.0 Å². The van der Waals surface area contributed by atoms with E-state index in [2.05, 4.69) is 17.6 Å². The number of carbonyl (C=O) groups excluding carboxylic acids is 2. The molecule has 4 heterocycles. The van der Waals surface area contributed by atoms with Crippen LogP contribution in [0.3, 0.4) is 0 Å². The first-order chi connectivity index (χ1) is 21.7. The summed E-state index contributed by atoms with van der Waals surface area (Å²) in [6.45, 7) is 8.51. The Morgan fingerprint density at radius 3 is 2.78 bits per heavy atom. The third kappa shape index (κ3) is 5.80. The van der Waals surface area contributed by atoms with Gasteiger partial charge in [0.05, 0.1) is 36.6 Å². The van der Waals surface area contributed by atoms with E-state index >= 15 is 4.39 Å². The van der Waals surface area contributed by atoms with Crippen molar-refractivity contribution in [2.24, 2.45) is 0 Å². The summed E-state index contributed by atoms with van der Waals surface area (Å²) in [5.74, 6) is -1.85. The van der Waals surface area contributed by atoms with Crippen LogP contribution in [-0.4, -0.2) is 64.4 Å². The Hall–Kier alpha value is -4.64. The molecule has 2 amide bonds. The summed E-state index contributed by atoms with van der Waals surface area (Å²) in [5, 5.41) is 10.4. The molecule has 0 spiro atoms. The Balaban J connectivity index is 0.00000417. The molecule has 234 valence electrons. The molecule has 1 atom stereocenters. The van der Waals surface area contributed by atoms with Gasteiger partial charge in [-0.2, -0.15) is 5.10 Å². The molecule has 0 saturated carbocycles. The number of pyridine rings is 1. The van der Waals surface area contributed by atoms with Gasteiger partial charge in [0, 0.05) is 67.8 Å². The summed E-state index contributed by atoms with van der Waals surface area (Å²) in [5.41, 5.74) is 7.95. The molecule has 12 heteroatoms. The number of rotatable bonds is 10. The first-order valence-electron chi connectivity index (χ1n) is 14.4. The lowest BCUT2D eigenvalue weighted by Crippen LogP contribution is -2.44. The molecule has 0 radical (unpaired) electrons. The van der Waals surface area contributed by atoms with Crippen LogP contribution in [-0.2, 0) is 27.4 Å². The van der Waals surface area contributed by atoms with Crippen molar-refractivity contribution in [1.29, 1.82) is 0 Å². The zero-order valence-electron chi connectivity index (χ0n) is 25.1. The number of fused-ring (bicyclic) bond motifs is 2. The average molecular weight is 634 g/mol. The van der Waals surface area contributed by atoms with E-state index in [0.29, 0.717) is 48.7 Å². The highest BCUT2D eigenvalue weighted by Crippen LogP contribution is 2.47. The van der Waals surface area contributed by atoms with Gasteiger partial charge in [0.25, 0.3) is 0 Å². The van der Waals surface area contributed by atoms with Gasteiger partial charge in [-0.15, -0.1) is 17.1 Å². The lowest BCUT2D eigenvalue weighted by Gasteiger charge is -2.33. The quantitative estimate of drug-likeness (QED) is 0.136. The Morgan fingerprint density at radius 2 is 2.04 bits per heavy atom. The first kappa shape index (κ1) is 30.4. The van der Waals surface area contributed by atoms with Crippen LogP contribution in [0.5, 0.6) is 5.75 Å². The van der Waals surface area contributed by atoms with Crippen LogP contribution in [0.15, 0.2) is 53.6 Å². The largest absolute Gasteiger partial charge is 0.490 e. The Labute approximate surface area is 263 Å². The molecule has 6 rings (SSSR count). The number of thiophene rings is 1. The van der Waals surface area contributed by atoms with Crippen molar-refractivity contribution >= 4 is 38.8 Å². The average Bonchev–Trinajstić information content (AvgIpc) is 3.63. The zero-order chi connectivity index (χ0) is 31.8. The molecular weight excluding hydrogens is 600 g/mol. The number of aromatic nitrogens is 3. The number of amides is 2. The fourth-order valence-electron chi connectivity index (χ4n) is 5.65. The molecule has 1 aliphatic carbocycles. The third-order valence-electron chi connectivity index (χ3n) is 7.84. The number of halogens is 2. The summed E-state index contributed by atoms with van der Waals surface area (Å²) in [7, 11) is 1.52. The molecule has 0 bridgehead atoms. The van der Waals surface area contributed by atoms with Crippen molar-refractivity contribution in [3.63, 3.8) is 0 Å². The number of benzene rings is 1. The van der Waals surface area contributed by atoms with Crippen molar-refractivity contribution < 1.29 is 29.3 Å². The predicted octanol–water partition coefficient (Wildman–Crippen LogP) is 5.74. The molecule has 0 unspecified atom stereocenters. The van der Waals surface area contributed by atoms with Gasteiger partial charge in [-0.25, -0.2) is 13.8 Å². The molecule has 1 aromatic carbocycles. The molecular formula is C33H33F2N5O4S. The van der Waals surface area contributed by atoms with Crippen LogP contribution in [0.25, 0.3) is 38.2 Å². The van der Waals surface area contributed by atoms with Gasteiger partial charge in [-0.1, -0.05) is 6.58 Å². The molecule has 9 nitrogen and oxygen atoms in total. The van der Waals surface area contributed by atoms with Crippen LogP contribution in [0.1, 0.15) is 33.1 Å². The summed E-state index contributed by atoms with van der Waals surface area (Å²) in [6, 6.07) is 5.64. The fourth-order valence-corrected chi connectivity index (χ4v) is 6.60. The maximum Gasteiger partial charge on any atom is 0.246 e. The fraction of sp³-hybridized carbons (Fsp3) is 0.303. The molecule has 0 saturated heterocycles. The SMILES string of the molecule is C=CC(=O)N1Cc2cc(-c3nc(C4=C=C(CNC(C)=O)C4)c4ccsc4c3-c3c(F)cc(F)cc3OCCOC)nn2C[C@H]1C.[HH]. The number of methoxy groups -OCH3 is 1. The maximum absolute atomic E-state index is 15.9. The molecule has 1 aliphatic heterocycles. The van der Waals surface area contributed by atoms with Crippen LogP contribution < -0.4 is 10.1 Å². The molecule has 45 heavy (non-hydrogen) atoms. The second kappa shape index (κ2) is 12.4. The van der Waals surface area contributed by atoms with Gasteiger partial charge in [0.1, 0.15) is 35.4 Å². The van der Waals surface area contributed by atoms with Gasteiger partial charge in [0.15, 0.2) is 0 Å². The number of nitrogens with one attached hydrogen (secondary N) is 1. The molecule has 1 N–H and O–H groups in total. The second-order valence-electron chi connectivity index (χ2n) is 11.0. The monoisotopic (exact) mass is 633 g/mol. The van der Waals surface area contributed by atoms with E-state index in [1.165, 1.54) is 31.4 Å². The van der Waals surface area contributed by atoms with Crippen LogP contribution in [0.2, 0.25) is 0 Å². The Morgan fingerprint density at radius 1 is 1.24 bits per heavy atom. The van der Waals surface area contributed by atoms with Gasteiger partial charge < -0.3 is 19.7 Å². The van der Waals surface area contributed by atoms with Gasteiger partial charge >= 0.3 is 0 Å². The lowest BCUT2D eigenvalue weighted by atomic mass is 9.90. The topological polar surface area (TPSA) is 98.6 Å². The highest BCUT2D eigenvalue weighted by atomic mass is 32.1. The minimum Gasteiger partial charge on any atom is -0.490 e. The van der Waals surface area contributed by atoms with E-state index in [1.807, 2.05) is 29.1 Å². The zero-order valence-corrected chi connectivity index (χ0v) is 25.9. The molecule has 0 fully saturated rings. The van der Waals surface area contributed by atoms with E-state index in [-0.39, 0.29) is 43.8 Å². The van der Waals surface area contributed by atoms with E-state index in [0.717, 1.165) is 39.1 Å². The molecule has 3 aromatic heterocycles. The normalized spacial score (nSPS) is 15.7. The second-order valence-corrected chi connectivity index (χ2v) is 11.9. The van der Waals surface area contributed by atoms with Crippen molar-refractivity contribution in [2.75, 3.05) is 26.9 Å². The predicted molar refractivity (Wildman–Crippen MR) is 170 cm³/mol. The summed E-state index contributed by atoms with van der Waals surface area (Å²) in [4.78, 5) is 30.8. The summed E-state index contributed by atoms with van der Waals surface area (Å²) < 4.78 is 44.0. The molecule has 2 aliphatic rings. The number of hydrogen-bond acceptors (Lipinski definition) is 7. The highest BCUT2D eigenvalue weighted by molar-refractivity contribution is 7.17. The van der Waals surface area contributed by atoms with Crippen molar-refractivity contribution in [1.82, 2.24) is 25.0 Å². The standard InChI is InChI=1S/C33H31F2N5O4S.H2/c1-5-28(42)39-17-23-14-26(38-40(23)16-18(39)2)32-30(29-25(35)12-22(34)13-27(29)44-8-7-43-4)33-24(6-9-45-33)31(37-32)21-10-20(11-21)15-36-19(3)41;/h5-6,9,12-14,18H,1,7-8,10,15-17H2,2-4H3,(H,36,41);1H/t18-;/m1./s1. The number of ether oxygens (including phenoxy) is 2. The van der Waals surface area contributed by atoms with E-state index in [1.54, 1.807) is 4.90 Å². The van der Waals surface area contributed by atoms with Crippen molar-refractivity contribution in [3.8, 4) is 28.3 Å². The minimum atomic E-state index is -0.798. The number of hydrogen-bond donors (Lipinski definition) is 1. The van der Waals surface area contributed by atoms with Crippen LogP contribution in [0.4, 0.5) is 8.78 Å².